The lowest BCUT2D eigenvalue weighted by atomic mass is 9.69. The maximum atomic E-state index is 13.2. The van der Waals surface area contributed by atoms with Gasteiger partial charge in [-0.05, 0) is 69.1 Å². The fourth-order valence-corrected chi connectivity index (χ4v) is 5.52. The van der Waals surface area contributed by atoms with E-state index in [1.54, 1.807) is 13.8 Å². The van der Waals surface area contributed by atoms with Gasteiger partial charge >= 0.3 is 6.18 Å². The number of carbonyl (C=O) groups excluding carboxylic acids is 1. The van der Waals surface area contributed by atoms with Crippen molar-refractivity contribution in [3.05, 3.63) is 34.9 Å². The molecule has 1 aromatic rings. The lowest BCUT2D eigenvalue weighted by molar-refractivity contribution is -0.161. The van der Waals surface area contributed by atoms with Gasteiger partial charge < -0.3 is 10.0 Å². The zero-order chi connectivity index (χ0) is 19.6. The number of aliphatic hydroxyl groups is 1. The molecule has 1 atom stereocenters. The molecule has 1 unspecified atom stereocenters. The molecule has 3 aliphatic rings. The first-order valence-corrected chi connectivity index (χ1v) is 9.68. The highest BCUT2D eigenvalue weighted by Crippen LogP contribution is 2.53. The van der Waals surface area contributed by atoms with E-state index in [4.69, 9.17) is 0 Å². The topological polar surface area (TPSA) is 40.5 Å². The zero-order valence-electron chi connectivity index (χ0n) is 15.8. The van der Waals surface area contributed by atoms with Gasteiger partial charge in [0.05, 0.1) is 11.2 Å². The molecule has 3 fully saturated rings. The Balaban J connectivity index is 1.40. The van der Waals surface area contributed by atoms with E-state index in [0.29, 0.717) is 31.5 Å². The maximum absolute atomic E-state index is 13.2. The molecule has 0 bridgehead atoms. The Morgan fingerprint density at radius 3 is 2.48 bits per heavy atom. The van der Waals surface area contributed by atoms with Crippen LogP contribution in [0.15, 0.2) is 18.2 Å². The molecule has 1 N–H and O–H groups in total. The quantitative estimate of drug-likeness (QED) is 0.831. The minimum absolute atomic E-state index is 0.0628. The average molecular weight is 381 g/mol. The molecule has 0 aromatic heterocycles. The number of benzene rings is 1. The van der Waals surface area contributed by atoms with Crippen molar-refractivity contribution in [2.75, 3.05) is 13.1 Å². The van der Waals surface area contributed by atoms with Crippen LogP contribution in [0.5, 0.6) is 0 Å². The Morgan fingerprint density at radius 1 is 1.22 bits per heavy atom. The van der Waals surface area contributed by atoms with Crippen LogP contribution < -0.4 is 0 Å². The summed E-state index contributed by atoms with van der Waals surface area (Å²) in [6.45, 7) is 4.74. The van der Waals surface area contributed by atoms with Gasteiger partial charge in [-0.25, -0.2) is 0 Å². The second-order valence-corrected chi connectivity index (χ2v) is 9.25. The summed E-state index contributed by atoms with van der Waals surface area (Å²) in [6, 6.07) is 4.49. The Labute approximate surface area is 157 Å². The van der Waals surface area contributed by atoms with Crippen LogP contribution in [-0.2, 0) is 11.0 Å². The average Bonchev–Trinajstić information content (AvgIpc) is 2.95. The Kier molecular flexibility index (Phi) is 4.15. The van der Waals surface area contributed by atoms with Crippen LogP contribution in [0.3, 0.4) is 0 Å². The molecular formula is C21H26F3NO2. The summed E-state index contributed by atoms with van der Waals surface area (Å²) >= 11 is 0. The molecule has 1 aliphatic heterocycles. The molecule has 1 aromatic carbocycles. The van der Waals surface area contributed by atoms with Gasteiger partial charge in [-0.15, -0.1) is 0 Å². The van der Waals surface area contributed by atoms with Crippen LogP contribution in [0, 0.1) is 18.3 Å². The van der Waals surface area contributed by atoms with E-state index < -0.39 is 17.3 Å². The molecule has 4 rings (SSSR count). The highest BCUT2D eigenvalue weighted by Gasteiger charge is 2.53. The predicted octanol–water partition coefficient (Wildman–Crippen LogP) is 4.27. The Bertz CT molecular complexity index is 757. The van der Waals surface area contributed by atoms with Gasteiger partial charge in [-0.2, -0.15) is 13.2 Å². The number of amides is 1. The van der Waals surface area contributed by atoms with Crippen molar-refractivity contribution in [2.45, 2.75) is 63.6 Å². The third-order valence-corrected chi connectivity index (χ3v) is 6.91. The Morgan fingerprint density at radius 2 is 1.89 bits per heavy atom. The van der Waals surface area contributed by atoms with Gasteiger partial charge in [-0.3, -0.25) is 4.79 Å². The molecule has 1 saturated heterocycles. The number of halogens is 3. The van der Waals surface area contributed by atoms with Gasteiger partial charge in [0, 0.05) is 24.4 Å². The molecule has 2 aliphatic carbocycles. The number of likely N-dealkylation sites (tertiary alicyclic amines) is 1. The number of nitrogens with zero attached hydrogens (tertiary/aromatic N) is 1. The molecule has 2 saturated carbocycles. The molecule has 1 heterocycles. The molecule has 1 spiro atoms. The Hall–Kier alpha value is -1.56. The minimum atomic E-state index is -4.32. The van der Waals surface area contributed by atoms with Gasteiger partial charge in [0.25, 0.3) is 0 Å². The molecule has 3 nitrogen and oxygen atoms in total. The van der Waals surface area contributed by atoms with Gasteiger partial charge in [0.1, 0.15) is 0 Å². The molecule has 6 heteroatoms. The highest BCUT2D eigenvalue weighted by atomic mass is 19.4. The largest absolute Gasteiger partial charge is 0.416 e. The summed E-state index contributed by atoms with van der Waals surface area (Å²) in [5.74, 6) is 0.195. The molecule has 1 amide bonds. The summed E-state index contributed by atoms with van der Waals surface area (Å²) in [5, 5.41) is 9.83. The van der Waals surface area contributed by atoms with E-state index in [0.717, 1.165) is 30.9 Å². The van der Waals surface area contributed by atoms with Gasteiger partial charge in [0.15, 0.2) is 0 Å². The SMILES string of the molecule is Cc1c(C2CCC3(C2)CN(C(=O)[C@H]2C[C@@](C)(O)C2)C3)cccc1C(F)(F)F. The summed E-state index contributed by atoms with van der Waals surface area (Å²) in [7, 11) is 0. The number of hydrogen-bond donors (Lipinski definition) is 1. The first-order chi connectivity index (χ1) is 12.5. The van der Waals surface area contributed by atoms with E-state index in [-0.39, 0.29) is 23.2 Å². The zero-order valence-corrected chi connectivity index (χ0v) is 15.8. The molecule has 0 radical (unpaired) electrons. The smallest absolute Gasteiger partial charge is 0.390 e. The maximum Gasteiger partial charge on any atom is 0.416 e. The van der Waals surface area contributed by atoms with Crippen LogP contribution >= 0.6 is 0 Å². The van der Waals surface area contributed by atoms with E-state index in [9.17, 15) is 23.1 Å². The number of carbonyl (C=O) groups is 1. The molecule has 148 valence electrons. The van der Waals surface area contributed by atoms with Crippen LogP contribution in [0.2, 0.25) is 0 Å². The van der Waals surface area contributed by atoms with Crippen LogP contribution in [0.25, 0.3) is 0 Å². The van der Waals surface area contributed by atoms with Crippen molar-refractivity contribution in [1.29, 1.82) is 0 Å². The molecule has 27 heavy (non-hydrogen) atoms. The van der Waals surface area contributed by atoms with Gasteiger partial charge in [0.2, 0.25) is 5.91 Å². The second-order valence-electron chi connectivity index (χ2n) is 9.25. The van der Waals surface area contributed by atoms with Crippen molar-refractivity contribution in [3.63, 3.8) is 0 Å². The first kappa shape index (κ1) is 18.8. The van der Waals surface area contributed by atoms with Crippen molar-refractivity contribution >= 4 is 5.91 Å². The highest BCUT2D eigenvalue weighted by molar-refractivity contribution is 5.81. The summed E-state index contributed by atoms with van der Waals surface area (Å²) in [6.07, 6.45) is -0.577. The van der Waals surface area contributed by atoms with Crippen molar-refractivity contribution in [3.8, 4) is 0 Å². The lowest BCUT2D eigenvalue weighted by Gasteiger charge is -2.52. The number of rotatable bonds is 2. The monoisotopic (exact) mass is 381 g/mol. The van der Waals surface area contributed by atoms with Crippen molar-refractivity contribution in [1.82, 2.24) is 4.90 Å². The van der Waals surface area contributed by atoms with Crippen LogP contribution in [-0.4, -0.2) is 34.6 Å². The molecular weight excluding hydrogens is 355 g/mol. The van der Waals surface area contributed by atoms with Gasteiger partial charge in [-0.1, -0.05) is 12.1 Å². The van der Waals surface area contributed by atoms with Crippen molar-refractivity contribution in [2.24, 2.45) is 11.3 Å². The van der Waals surface area contributed by atoms with E-state index >= 15 is 0 Å². The lowest BCUT2D eigenvalue weighted by Crippen LogP contribution is -2.61. The predicted molar refractivity (Wildman–Crippen MR) is 95.1 cm³/mol. The normalized spacial score (nSPS) is 32.3. The van der Waals surface area contributed by atoms with E-state index in [2.05, 4.69) is 0 Å². The number of alkyl halides is 3. The summed E-state index contributed by atoms with van der Waals surface area (Å²) in [5.41, 5.74) is -0.0313. The second kappa shape index (κ2) is 5.97. The standard InChI is InChI=1S/C21H26F3NO2/c1-13-16(4-3-5-17(13)21(22,23)24)14-6-7-20(10-14)11-25(12-20)18(26)15-8-19(2,27)9-15/h3-5,14-15,27H,6-12H2,1-2H3/t14?,15-,19+. The fourth-order valence-electron chi connectivity index (χ4n) is 5.52. The van der Waals surface area contributed by atoms with E-state index in [1.165, 1.54) is 6.07 Å². The van der Waals surface area contributed by atoms with Crippen LogP contribution in [0.4, 0.5) is 13.2 Å². The van der Waals surface area contributed by atoms with Crippen LogP contribution in [0.1, 0.15) is 61.6 Å². The fraction of sp³-hybridized carbons (Fsp3) is 0.667. The summed E-state index contributed by atoms with van der Waals surface area (Å²) < 4.78 is 39.6. The third-order valence-electron chi connectivity index (χ3n) is 6.91. The third kappa shape index (κ3) is 3.26. The first-order valence-electron chi connectivity index (χ1n) is 9.68. The summed E-state index contributed by atoms with van der Waals surface area (Å²) in [4.78, 5) is 14.4. The van der Waals surface area contributed by atoms with Crippen molar-refractivity contribution < 1.29 is 23.1 Å². The number of hydrogen-bond acceptors (Lipinski definition) is 2. The minimum Gasteiger partial charge on any atom is -0.390 e. The van der Waals surface area contributed by atoms with E-state index in [1.807, 2.05) is 11.0 Å².